The van der Waals surface area contributed by atoms with Crippen LogP contribution in [-0.4, -0.2) is 36.5 Å². The molecule has 0 N–H and O–H groups in total. The van der Waals surface area contributed by atoms with Gasteiger partial charge in [0.25, 0.3) is 0 Å². The quantitative estimate of drug-likeness (QED) is 0.462. The summed E-state index contributed by atoms with van der Waals surface area (Å²) in [6.07, 6.45) is 4.19. The number of esters is 1. The molecule has 1 fully saturated rings. The van der Waals surface area contributed by atoms with E-state index in [2.05, 4.69) is 0 Å². The van der Waals surface area contributed by atoms with Gasteiger partial charge in [0.05, 0.1) is 6.61 Å². The molecule has 1 heterocycles. The lowest BCUT2D eigenvalue weighted by atomic mass is 9.93. The maximum Gasteiger partial charge on any atom is 0.306 e. The molecule has 4 nitrogen and oxygen atoms in total. The Labute approximate surface area is 144 Å². The summed E-state index contributed by atoms with van der Waals surface area (Å²) >= 11 is 0. The number of likely N-dealkylation sites (tertiary alicyclic amines) is 1. The third kappa shape index (κ3) is 5.34. The van der Waals surface area contributed by atoms with Gasteiger partial charge in [-0.2, -0.15) is 0 Å². The van der Waals surface area contributed by atoms with Crippen LogP contribution in [0.15, 0.2) is 18.2 Å². The fourth-order valence-electron chi connectivity index (χ4n) is 2.76. The molecule has 0 bridgehead atoms. The summed E-state index contributed by atoms with van der Waals surface area (Å²) in [5.74, 6) is -4.47. The molecular formula is C18H20F3NO3. The third-order valence-electron chi connectivity index (χ3n) is 4.11. The maximum atomic E-state index is 13.1. The smallest absolute Gasteiger partial charge is 0.306 e. The first-order valence-electron chi connectivity index (χ1n) is 8.17. The first-order chi connectivity index (χ1) is 11.9. The molecule has 2 rings (SSSR count). The van der Waals surface area contributed by atoms with Crippen LogP contribution >= 0.6 is 0 Å². The second-order valence-corrected chi connectivity index (χ2v) is 5.91. The first-order valence-corrected chi connectivity index (χ1v) is 8.17. The number of hydrogen-bond donors (Lipinski definition) is 0. The lowest BCUT2D eigenvalue weighted by Gasteiger charge is -2.30. The molecule has 0 aromatic heterocycles. The van der Waals surface area contributed by atoms with Crippen molar-refractivity contribution in [2.75, 3.05) is 19.7 Å². The van der Waals surface area contributed by atoms with E-state index in [9.17, 15) is 22.8 Å². The van der Waals surface area contributed by atoms with Crippen LogP contribution in [0, 0.1) is 23.4 Å². The SMILES string of the molecule is CCOC(=O)CC1CCN(C(=O)/C=C/c2cc(F)c(F)c(F)c2)CC1. The van der Waals surface area contributed by atoms with E-state index in [1.807, 2.05) is 0 Å². The van der Waals surface area contributed by atoms with Gasteiger partial charge in [0.15, 0.2) is 17.5 Å². The Bertz CT molecular complexity index is 645. The van der Waals surface area contributed by atoms with Gasteiger partial charge in [-0.25, -0.2) is 13.2 Å². The predicted molar refractivity (Wildman–Crippen MR) is 85.9 cm³/mol. The molecule has 1 aromatic rings. The van der Waals surface area contributed by atoms with Crippen LogP contribution in [-0.2, 0) is 14.3 Å². The lowest BCUT2D eigenvalue weighted by Crippen LogP contribution is -2.38. The number of amides is 1. The van der Waals surface area contributed by atoms with E-state index in [0.717, 1.165) is 12.1 Å². The normalized spacial score (nSPS) is 15.6. The lowest BCUT2D eigenvalue weighted by molar-refractivity contribution is -0.144. The molecule has 0 saturated carbocycles. The van der Waals surface area contributed by atoms with Gasteiger partial charge < -0.3 is 9.64 Å². The predicted octanol–water partition coefficient (Wildman–Crippen LogP) is 3.31. The van der Waals surface area contributed by atoms with Crippen molar-refractivity contribution in [2.45, 2.75) is 26.2 Å². The second kappa shape index (κ2) is 8.69. The van der Waals surface area contributed by atoms with Gasteiger partial charge in [0.2, 0.25) is 5.91 Å². The van der Waals surface area contributed by atoms with Crippen LogP contribution in [0.5, 0.6) is 0 Å². The van der Waals surface area contributed by atoms with Gasteiger partial charge in [-0.1, -0.05) is 0 Å². The van der Waals surface area contributed by atoms with E-state index in [0.29, 0.717) is 39.0 Å². The topological polar surface area (TPSA) is 46.6 Å². The fourth-order valence-corrected chi connectivity index (χ4v) is 2.76. The van der Waals surface area contributed by atoms with E-state index in [4.69, 9.17) is 4.74 Å². The fraction of sp³-hybridized carbons (Fsp3) is 0.444. The van der Waals surface area contributed by atoms with E-state index >= 15 is 0 Å². The van der Waals surface area contributed by atoms with Gasteiger partial charge in [-0.05, 0) is 49.5 Å². The van der Waals surface area contributed by atoms with Crippen LogP contribution in [0.25, 0.3) is 6.08 Å². The molecule has 1 aromatic carbocycles. The van der Waals surface area contributed by atoms with Crippen molar-refractivity contribution in [3.05, 3.63) is 41.2 Å². The summed E-state index contributed by atoms with van der Waals surface area (Å²) in [4.78, 5) is 25.2. The average molecular weight is 355 g/mol. The molecule has 0 atom stereocenters. The number of piperidine rings is 1. The summed E-state index contributed by atoms with van der Waals surface area (Å²) in [6, 6.07) is 1.65. The van der Waals surface area contributed by atoms with Crippen LogP contribution < -0.4 is 0 Å². The van der Waals surface area contributed by atoms with Crippen molar-refractivity contribution < 1.29 is 27.5 Å². The number of hydrogen-bond acceptors (Lipinski definition) is 3. The maximum absolute atomic E-state index is 13.1. The highest BCUT2D eigenvalue weighted by Gasteiger charge is 2.23. The number of ether oxygens (including phenoxy) is 1. The van der Waals surface area contributed by atoms with Crippen molar-refractivity contribution in [1.82, 2.24) is 4.90 Å². The minimum Gasteiger partial charge on any atom is -0.466 e. The van der Waals surface area contributed by atoms with Gasteiger partial charge in [-0.3, -0.25) is 9.59 Å². The number of carbonyl (C=O) groups is 2. The minimum absolute atomic E-state index is 0.0712. The summed E-state index contributed by atoms with van der Waals surface area (Å²) < 4.78 is 44.1. The summed E-state index contributed by atoms with van der Waals surface area (Å²) in [7, 11) is 0. The number of benzene rings is 1. The largest absolute Gasteiger partial charge is 0.466 e. The van der Waals surface area contributed by atoms with Gasteiger partial charge >= 0.3 is 5.97 Å². The molecule has 0 unspecified atom stereocenters. The number of halogens is 3. The van der Waals surface area contributed by atoms with E-state index in [1.165, 1.54) is 12.2 Å². The molecule has 136 valence electrons. The van der Waals surface area contributed by atoms with E-state index in [-0.39, 0.29) is 23.4 Å². The van der Waals surface area contributed by atoms with Crippen molar-refractivity contribution in [1.29, 1.82) is 0 Å². The Morgan fingerprint density at radius 3 is 2.36 bits per heavy atom. The summed E-state index contributed by atoms with van der Waals surface area (Å²) in [5, 5.41) is 0. The minimum atomic E-state index is -1.54. The van der Waals surface area contributed by atoms with Gasteiger partial charge in [0, 0.05) is 25.6 Å². The number of nitrogens with zero attached hydrogens (tertiary/aromatic N) is 1. The molecule has 0 radical (unpaired) electrons. The Balaban J connectivity index is 1.87. The van der Waals surface area contributed by atoms with Crippen LogP contribution in [0.1, 0.15) is 31.7 Å². The molecule has 1 aliphatic heterocycles. The average Bonchev–Trinajstić information content (AvgIpc) is 2.58. The third-order valence-corrected chi connectivity index (χ3v) is 4.11. The molecule has 0 spiro atoms. The van der Waals surface area contributed by atoms with Crippen molar-refractivity contribution >= 4 is 18.0 Å². The number of carbonyl (C=O) groups excluding carboxylic acids is 2. The molecule has 25 heavy (non-hydrogen) atoms. The van der Waals surface area contributed by atoms with E-state index < -0.39 is 17.5 Å². The highest BCUT2D eigenvalue weighted by Crippen LogP contribution is 2.21. The zero-order chi connectivity index (χ0) is 18.4. The zero-order valence-electron chi connectivity index (χ0n) is 13.9. The van der Waals surface area contributed by atoms with Gasteiger partial charge in [0.1, 0.15) is 0 Å². The van der Waals surface area contributed by atoms with E-state index in [1.54, 1.807) is 11.8 Å². The second-order valence-electron chi connectivity index (χ2n) is 5.91. The molecule has 1 saturated heterocycles. The molecular weight excluding hydrogens is 335 g/mol. The van der Waals surface area contributed by atoms with Gasteiger partial charge in [-0.15, -0.1) is 0 Å². The number of rotatable bonds is 5. The Morgan fingerprint density at radius 2 is 1.80 bits per heavy atom. The zero-order valence-corrected chi connectivity index (χ0v) is 13.9. The van der Waals surface area contributed by atoms with Crippen LogP contribution in [0.3, 0.4) is 0 Å². The highest BCUT2D eigenvalue weighted by molar-refractivity contribution is 5.91. The molecule has 1 amide bonds. The molecule has 0 aliphatic carbocycles. The Kier molecular flexibility index (Phi) is 6.61. The Hall–Kier alpha value is -2.31. The molecule has 1 aliphatic rings. The van der Waals surface area contributed by atoms with Crippen LogP contribution in [0.2, 0.25) is 0 Å². The Morgan fingerprint density at radius 1 is 1.20 bits per heavy atom. The standard InChI is InChI=1S/C18H20F3NO3/c1-2-25-17(24)11-12-5-7-22(8-6-12)16(23)4-3-13-9-14(19)18(21)15(20)10-13/h3-4,9-10,12H,2,5-8,11H2,1H3/b4-3+. The molecule has 7 heteroatoms. The van der Waals surface area contributed by atoms with Crippen molar-refractivity contribution in [2.24, 2.45) is 5.92 Å². The van der Waals surface area contributed by atoms with Crippen molar-refractivity contribution in [3.8, 4) is 0 Å². The highest BCUT2D eigenvalue weighted by atomic mass is 19.2. The summed E-state index contributed by atoms with van der Waals surface area (Å²) in [6.45, 7) is 3.11. The van der Waals surface area contributed by atoms with Crippen LogP contribution in [0.4, 0.5) is 13.2 Å². The first kappa shape index (κ1) is 19.0. The monoisotopic (exact) mass is 355 g/mol. The summed E-state index contributed by atoms with van der Waals surface area (Å²) in [5.41, 5.74) is 0.0712. The van der Waals surface area contributed by atoms with Crippen molar-refractivity contribution in [3.63, 3.8) is 0 Å².